The first kappa shape index (κ1) is 10.6. The lowest BCUT2D eigenvalue weighted by molar-refractivity contribution is 0.327. The van der Waals surface area contributed by atoms with E-state index >= 15 is 0 Å². The van der Waals surface area contributed by atoms with E-state index in [4.69, 9.17) is 0 Å². The molecule has 0 amide bonds. The molecule has 0 aromatic heterocycles. The van der Waals surface area contributed by atoms with Crippen molar-refractivity contribution in [2.45, 2.75) is 45.4 Å². The lowest BCUT2D eigenvalue weighted by Gasteiger charge is -2.37. The predicted octanol–water partition coefficient (Wildman–Crippen LogP) is 3.43. The van der Waals surface area contributed by atoms with Crippen molar-refractivity contribution in [3.05, 3.63) is 22.8 Å². The number of fused-ring (bicyclic) bond motifs is 2. The topological polar surface area (TPSA) is 12.0 Å². The van der Waals surface area contributed by atoms with Gasteiger partial charge in [0.1, 0.15) is 0 Å². The SMILES string of the molecule is CC1=CC2CCNCC2C2=C1CCCCC2. The van der Waals surface area contributed by atoms with Crippen LogP contribution in [-0.4, -0.2) is 13.1 Å². The van der Waals surface area contributed by atoms with Crippen molar-refractivity contribution in [1.82, 2.24) is 5.32 Å². The third-order valence-corrected chi connectivity index (χ3v) is 4.68. The van der Waals surface area contributed by atoms with Gasteiger partial charge in [0.15, 0.2) is 0 Å². The van der Waals surface area contributed by atoms with Gasteiger partial charge in [-0.2, -0.15) is 0 Å². The molecule has 16 heavy (non-hydrogen) atoms. The van der Waals surface area contributed by atoms with Crippen LogP contribution in [0.5, 0.6) is 0 Å². The van der Waals surface area contributed by atoms with E-state index in [-0.39, 0.29) is 0 Å². The lowest BCUT2D eigenvalue weighted by atomic mass is 9.72. The molecule has 3 rings (SSSR count). The van der Waals surface area contributed by atoms with E-state index in [2.05, 4.69) is 18.3 Å². The van der Waals surface area contributed by atoms with Crippen molar-refractivity contribution in [3.63, 3.8) is 0 Å². The third-order valence-electron chi connectivity index (χ3n) is 4.68. The van der Waals surface area contributed by atoms with Gasteiger partial charge in [-0.3, -0.25) is 0 Å². The van der Waals surface area contributed by atoms with Crippen molar-refractivity contribution in [2.24, 2.45) is 11.8 Å². The molecule has 88 valence electrons. The molecule has 0 aromatic carbocycles. The maximum atomic E-state index is 3.59. The number of piperidine rings is 1. The summed E-state index contributed by atoms with van der Waals surface area (Å²) in [5, 5.41) is 3.59. The largest absolute Gasteiger partial charge is 0.316 e. The molecule has 2 aliphatic carbocycles. The van der Waals surface area contributed by atoms with Gasteiger partial charge in [0, 0.05) is 6.54 Å². The second-order valence-corrected chi connectivity index (χ2v) is 5.68. The first-order valence-electron chi connectivity index (χ1n) is 6.97. The Bertz CT molecular complexity index is 337. The highest BCUT2D eigenvalue weighted by Gasteiger charge is 2.32. The van der Waals surface area contributed by atoms with Gasteiger partial charge in [-0.05, 0) is 63.0 Å². The van der Waals surface area contributed by atoms with E-state index < -0.39 is 0 Å². The van der Waals surface area contributed by atoms with Crippen LogP contribution in [0, 0.1) is 11.8 Å². The fraction of sp³-hybridized carbons (Fsp3) is 0.733. The first-order chi connectivity index (χ1) is 7.86. The molecular formula is C15H23N. The van der Waals surface area contributed by atoms with Gasteiger partial charge in [-0.1, -0.05) is 23.6 Å². The highest BCUT2D eigenvalue weighted by atomic mass is 14.9. The number of rotatable bonds is 0. The Kier molecular flexibility index (Phi) is 2.89. The molecule has 2 atom stereocenters. The molecule has 1 heterocycles. The smallest absolute Gasteiger partial charge is 0.00227 e. The van der Waals surface area contributed by atoms with Crippen LogP contribution in [0.1, 0.15) is 45.4 Å². The number of nitrogens with one attached hydrogen (secondary N) is 1. The Morgan fingerprint density at radius 2 is 2.06 bits per heavy atom. The van der Waals surface area contributed by atoms with Crippen LogP contribution in [0.4, 0.5) is 0 Å². The molecule has 0 saturated carbocycles. The van der Waals surface area contributed by atoms with Crippen LogP contribution in [-0.2, 0) is 0 Å². The van der Waals surface area contributed by atoms with Crippen molar-refractivity contribution < 1.29 is 0 Å². The van der Waals surface area contributed by atoms with Crippen LogP contribution in [0.15, 0.2) is 22.8 Å². The quantitative estimate of drug-likeness (QED) is 0.655. The van der Waals surface area contributed by atoms with Gasteiger partial charge in [0.25, 0.3) is 0 Å². The van der Waals surface area contributed by atoms with Gasteiger partial charge in [0.2, 0.25) is 0 Å². The first-order valence-corrected chi connectivity index (χ1v) is 6.97. The minimum absolute atomic E-state index is 0.838. The summed E-state index contributed by atoms with van der Waals surface area (Å²) in [7, 11) is 0. The minimum Gasteiger partial charge on any atom is -0.316 e. The zero-order valence-electron chi connectivity index (χ0n) is 10.4. The van der Waals surface area contributed by atoms with Gasteiger partial charge in [0.05, 0.1) is 0 Å². The molecule has 0 radical (unpaired) electrons. The number of hydrogen-bond acceptors (Lipinski definition) is 1. The molecule has 0 aromatic rings. The summed E-state index contributed by atoms with van der Waals surface area (Å²) in [5.41, 5.74) is 5.18. The van der Waals surface area contributed by atoms with E-state index in [1.54, 1.807) is 11.1 Å². The van der Waals surface area contributed by atoms with Gasteiger partial charge < -0.3 is 5.32 Å². The molecule has 1 saturated heterocycles. The van der Waals surface area contributed by atoms with Crippen LogP contribution in [0.3, 0.4) is 0 Å². The number of hydrogen-bond donors (Lipinski definition) is 1. The zero-order valence-corrected chi connectivity index (χ0v) is 10.4. The number of allylic oxidation sites excluding steroid dienone is 3. The Hall–Kier alpha value is -0.560. The monoisotopic (exact) mass is 217 g/mol. The van der Waals surface area contributed by atoms with E-state index in [1.807, 2.05) is 5.57 Å². The summed E-state index contributed by atoms with van der Waals surface area (Å²) in [5.74, 6) is 1.68. The third kappa shape index (κ3) is 1.75. The van der Waals surface area contributed by atoms with Crippen LogP contribution >= 0.6 is 0 Å². The zero-order chi connectivity index (χ0) is 11.0. The Morgan fingerprint density at radius 3 is 3.00 bits per heavy atom. The second kappa shape index (κ2) is 4.37. The maximum Gasteiger partial charge on any atom is 0.00227 e. The maximum absolute atomic E-state index is 3.59. The lowest BCUT2D eigenvalue weighted by Crippen LogP contribution is -2.38. The van der Waals surface area contributed by atoms with E-state index in [1.165, 1.54) is 51.6 Å². The normalized spacial score (nSPS) is 34.9. The van der Waals surface area contributed by atoms with Gasteiger partial charge in [-0.25, -0.2) is 0 Å². The summed E-state index contributed by atoms with van der Waals surface area (Å²) in [6.07, 6.45) is 10.9. The summed E-state index contributed by atoms with van der Waals surface area (Å²) in [6.45, 7) is 4.79. The Labute approximate surface area is 99.0 Å². The molecule has 2 unspecified atom stereocenters. The average molecular weight is 217 g/mol. The standard InChI is InChI=1S/C15H23N/c1-11-9-12-7-8-16-10-15(12)14-6-4-2-3-5-13(11)14/h9,12,15-16H,2-8,10H2,1H3. The van der Waals surface area contributed by atoms with Crippen LogP contribution in [0.25, 0.3) is 0 Å². The summed E-state index contributed by atoms with van der Waals surface area (Å²) < 4.78 is 0. The van der Waals surface area contributed by atoms with E-state index in [0.717, 1.165) is 11.8 Å². The van der Waals surface area contributed by atoms with Crippen molar-refractivity contribution in [1.29, 1.82) is 0 Å². The predicted molar refractivity (Wildman–Crippen MR) is 68.3 cm³/mol. The molecule has 0 spiro atoms. The molecule has 1 aliphatic heterocycles. The van der Waals surface area contributed by atoms with Gasteiger partial charge >= 0.3 is 0 Å². The van der Waals surface area contributed by atoms with Gasteiger partial charge in [-0.15, -0.1) is 0 Å². The molecule has 1 nitrogen and oxygen atoms in total. The van der Waals surface area contributed by atoms with E-state index in [9.17, 15) is 0 Å². The van der Waals surface area contributed by atoms with Crippen molar-refractivity contribution in [3.8, 4) is 0 Å². The van der Waals surface area contributed by atoms with Crippen molar-refractivity contribution >= 4 is 0 Å². The van der Waals surface area contributed by atoms with Crippen molar-refractivity contribution in [2.75, 3.05) is 13.1 Å². The molecule has 1 fully saturated rings. The highest BCUT2D eigenvalue weighted by molar-refractivity contribution is 5.41. The fourth-order valence-electron chi connectivity index (χ4n) is 3.85. The summed E-state index contributed by atoms with van der Waals surface area (Å²) >= 11 is 0. The minimum atomic E-state index is 0.838. The van der Waals surface area contributed by atoms with Crippen LogP contribution in [0.2, 0.25) is 0 Å². The second-order valence-electron chi connectivity index (χ2n) is 5.68. The molecule has 1 N–H and O–H groups in total. The highest BCUT2D eigenvalue weighted by Crippen LogP contribution is 2.42. The fourth-order valence-corrected chi connectivity index (χ4v) is 3.85. The molecule has 3 aliphatic rings. The summed E-state index contributed by atoms with van der Waals surface area (Å²) in [4.78, 5) is 0. The molecular weight excluding hydrogens is 194 g/mol. The average Bonchev–Trinajstić information content (AvgIpc) is 2.55. The molecule has 1 heteroatoms. The summed E-state index contributed by atoms with van der Waals surface area (Å²) in [6, 6.07) is 0. The Morgan fingerprint density at radius 1 is 1.19 bits per heavy atom. The van der Waals surface area contributed by atoms with E-state index in [0.29, 0.717) is 0 Å². The Balaban J connectivity index is 1.95. The molecule has 0 bridgehead atoms. The van der Waals surface area contributed by atoms with Crippen LogP contribution < -0.4 is 5.32 Å².